The average Bonchev–Trinajstić information content (AvgIpc) is 2.17. The highest BCUT2D eigenvalue weighted by Crippen LogP contribution is 2.01. The van der Waals surface area contributed by atoms with Crippen LogP contribution in [0.15, 0.2) is 30.3 Å². The van der Waals surface area contributed by atoms with Crippen LogP contribution in [-0.4, -0.2) is 25.1 Å². The van der Waals surface area contributed by atoms with Crippen molar-refractivity contribution in [3.8, 4) is 0 Å². The maximum absolute atomic E-state index is 7.64. The predicted molar refractivity (Wildman–Crippen MR) is 48.0 cm³/mol. The Bertz CT molecular complexity index is 258. The minimum absolute atomic E-state index is 0.359. The van der Waals surface area contributed by atoms with Crippen molar-refractivity contribution in [2.24, 2.45) is 0 Å². The molecule has 0 fully saturated rings. The molecule has 0 spiro atoms. The Morgan fingerprint density at radius 3 is 2.42 bits per heavy atom. The summed E-state index contributed by atoms with van der Waals surface area (Å²) in [6.45, 7) is 0. The number of amidine groups is 1. The maximum Gasteiger partial charge on any atom is 0.151 e. The van der Waals surface area contributed by atoms with Crippen LogP contribution in [0.5, 0.6) is 0 Å². The molecule has 0 aliphatic carbocycles. The van der Waals surface area contributed by atoms with Gasteiger partial charge in [0, 0.05) is 12.6 Å². The van der Waals surface area contributed by atoms with E-state index in [-0.39, 0.29) is 0 Å². The molecule has 64 valence electrons. The smallest absolute Gasteiger partial charge is 0.151 e. The SMILES string of the molecule is CON(C)C(=N)c1ccccc1. The zero-order chi connectivity index (χ0) is 8.97. The quantitative estimate of drug-likeness (QED) is 0.408. The van der Waals surface area contributed by atoms with E-state index >= 15 is 0 Å². The van der Waals surface area contributed by atoms with Gasteiger partial charge in [0.2, 0.25) is 0 Å². The van der Waals surface area contributed by atoms with E-state index in [2.05, 4.69) is 0 Å². The first-order chi connectivity index (χ1) is 5.75. The van der Waals surface area contributed by atoms with Crippen LogP contribution < -0.4 is 0 Å². The highest BCUT2D eigenvalue weighted by atomic mass is 16.7. The fourth-order valence-electron chi connectivity index (χ4n) is 0.869. The Morgan fingerprint density at radius 1 is 1.33 bits per heavy atom. The molecule has 1 N–H and O–H groups in total. The molecule has 0 aliphatic rings. The summed E-state index contributed by atoms with van der Waals surface area (Å²) in [6, 6.07) is 9.46. The summed E-state index contributed by atoms with van der Waals surface area (Å²) in [5.41, 5.74) is 0.849. The highest BCUT2D eigenvalue weighted by Gasteiger charge is 2.04. The molecule has 0 saturated carbocycles. The molecular formula is C9H12N2O. The normalized spacial score (nSPS) is 9.50. The molecule has 0 bridgehead atoms. The number of nitrogens with zero attached hydrogens (tertiary/aromatic N) is 1. The van der Waals surface area contributed by atoms with Gasteiger partial charge < -0.3 is 0 Å². The maximum atomic E-state index is 7.64. The van der Waals surface area contributed by atoms with Crippen LogP contribution in [0, 0.1) is 5.41 Å². The van der Waals surface area contributed by atoms with Gasteiger partial charge in [-0.25, -0.2) is 5.06 Å². The third kappa shape index (κ3) is 1.83. The molecule has 1 aromatic carbocycles. The highest BCUT2D eigenvalue weighted by molar-refractivity contribution is 5.95. The third-order valence-corrected chi connectivity index (χ3v) is 1.64. The first-order valence-electron chi connectivity index (χ1n) is 3.67. The molecular weight excluding hydrogens is 152 g/mol. The van der Waals surface area contributed by atoms with Gasteiger partial charge in [0.15, 0.2) is 5.84 Å². The van der Waals surface area contributed by atoms with Gasteiger partial charge in [-0.05, 0) is 0 Å². The summed E-state index contributed by atoms with van der Waals surface area (Å²) in [5, 5.41) is 9.05. The summed E-state index contributed by atoms with van der Waals surface area (Å²) in [5.74, 6) is 0.359. The van der Waals surface area contributed by atoms with Gasteiger partial charge in [-0.1, -0.05) is 30.3 Å². The summed E-state index contributed by atoms with van der Waals surface area (Å²) < 4.78 is 0. The molecule has 0 amide bonds. The van der Waals surface area contributed by atoms with Crippen molar-refractivity contribution in [1.29, 1.82) is 5.41 Å². The molecule has 3 nitrogen and oxygen atoms in total. The van der Waals surface area contributed by atoms with Crippen LogP contribution in [0.1, 0.15) is 5.56 Å². The lowest BCUT2D eigenvalue weighted by molar-refractivity contribution is -0.0418. The number of hydrogen-bond acceptors (Lipinski definition) is 2. The van der Waals surface area contributed by atoms with E-state index in [1.807, 2.05) is 30.3 Å². The van der Waals surface area contributed by atoms with Crippen molar-refractivity contribution in [2.75, 3.05) is 14.2 Å². The minimum Gasteiger partial charge on any atom is -0.282 e. The van der Waals surface area contributed by atoms with Gasteiger partial charge in [0.25, 0.3) is 0 Å². The Balaban J connectivity index is 2.79. The Labute approximate surface area is 72.0 Å². The first kappa shape index (κ1) is 8.74. The second-order valence-corrected chi connectivity index (χ2v) is 2.39. The molecule has 1 rings (SSSR count). The van der Waals surface area contributed by atoms with Crippen molar-refractivity contribution in [3.63, 3.8) is 0 Å². The molecule has 0 unspecified atom stereocenters. The molecule has 1 aromatic rings. The van der Waals surface area contributed by atoms with E-state index in [1.54, 1.807) is 7.05 Å². The standard InChI is InChI=1S/C9H12N2O/c1-11(12-2)9(10)8-6-4-3-5-7-8/h3-7,10H,1-2H3. The van der Waals surface area contributed by atoms with Crippen LogP contribution in [-0.2, 0) is 4.84 Å². The lowest BCUT2D eigenvalue weighted by Crippen LogP contribution is -2.25. The second-order valence-electron chi connectivity index (χ2n) is 2.39. The fraction of sp³-hybridized carbons (Fsp3) is 0.222. The zero-order valence-corrected chi connectivity index (χ0v) is 7.24. The monoisotopic (exact) mass is 164 g/mol. The lowest BCUT2D eigenvalue weighted by atomic mass is 10.2. The number of hydroxylamine groups is 2. The van der Waals surface area contributed by atoms with Crippen molar-refractivity contribution < 1.29 is 4.84 Å². The number of benzene rings is 1. The van der Waals surface area contributed by atoms with E-state index in [0.29, 0.717) is 5.84 Å². The number of rotatable bonds is 2. The van der Waals surface area contributed by atoms with Gasteiger partial charge in [0.1, 0.15) is 0 Å². The van der Waals surface area contributed by atoms with Gasteiger partial charge in [-0.2, -0.15) is 0 Å². The van der Waals surface area contributed by atoms with Crippen LogP contribution >= 0.6 is 0 Å². The second kappa shape index (κ2) is 3.88. The van der Waals surface area contributed by atoms with Crippen molar-refractivity contribution in [3.05, 3.63) is 35.9 Å². The van der Waals surface area contributed by atoms with Crippen LogP contribution in [0.4, 0.5) is 0 Å². The van der Waals surface area contributed by atoms with E-state index in [9.17, 15) is 0 Å². The zero-order valence-electron chi connectivity index (χ0n) is 7.24. The summed E-state index contributed by atoms with van der Waals surface area (Å²) in [4.78, 5) is 4.88. The largest absolute Gasteiger partial charge is 0.282 e. The molecule has 0 atom stereocenters. The number of nitrogens with one attached hydrogen (secondary N) is 1. The molecule has 12 heavy (non-hydrogen) atoms. The topological polar surface area (TPSA) is 36.3 Å². The van der Waals surface area contributed by atoms with E-state index in [4.69, 9.17) is 10.2 Å². The van der Waals surface area contributed by atoms with Crippen molar-refractivity contribution in [2.45, 2.75) is 0 Å². The number of hydrogen-bond donors (Lipinski definition) is 1. The molecule has 0 aromatic heterocycles. The van der Waals surface area contributed by atoms with E-state index in [1.165, 1.54) is 12.2 Å². The van der Waals surface area contributed by atoms with Gasteiger partial charge in [0.05, 0.1) is 7.11 Å². The van der Waals surface area contributed by atoms with Gasteiger partial charge in [-0.3, -0.25) is 10.2 Å². The van der Waals surface area contributed by atoms with Gasteiger partial charge in [-0.15, -0.1) is 0 Å². The Kier molecular flexibility index (Phi) is 2.82. The molecule has 0 saturated heterocycles. The van der Waals surface area contributed by atoms with Crippen LogP contribution in [0.2, 0.25) is 0 Å². The van der Waals surface area contributed by atoms with Crippen molar-refractivity contribution in [1.82, 2.24) is 5.06 Å². The third-order valence-electron chi connectivity index (χ3n) is 1.64. The molecule has 0 radical (unpaired) electrons. The van der Waals surface area contributed by atoms with E-state index < -0.39 is 0 Å². The Hall–Kier alpha value is -1.35. The minimum atomic E-state index is 0.359. The Morgan fingerprint density at radius 2 is 1.92 bits per heavy atom. The first-order valence-corrected chi connectivity index (χ1v) is 3.67. The van der Waals surface area contributed by atoms with E-state index in [0.717, 1.165) is 5.56 Å². The molecule has 0 heterocycles. The lowest BCUT2D eigenvalue weighted by Gasteiger charge is -2.16. The van der Waals surface area contributed by atoms with Crippen LogP contribution in [0.3, 0.4) is 0 Å². The van der Waals surface area contributed by atoms with Crippen LogP contribution in [0.25, 0.3) is 0 Å². The van der Waals surface area contributed by atoms with Crippen molar-refractivity contribution >= 4 is 5.84 Å². The summed E-state index contributed by atoms with van der Waals surface area (Å²) >= 11 is 0. The molecule has 0 aliphatic heterocycles. The fourth-order valence-corrected chi connectivity index (χ4v) is 0.869. The summed E-state index contributed by atoms with van der Waals surface area (Å²) in [7, 11) is 3.24. The molecule has 3 heteroatoms. The van der Waals surface area contributed by atoms with Gasteiger partial charge >= 0.3 is 0 Å². The average molecular weight is 164 g/mol. The predicted octanol–water partition coefficient (Wildman–Crippen LogP) is 1.51. The summed E-state index contributed by atoms with van der Waals surface area (Å²) in [6.07, 6.45) is 0.